The zero-order valence-corrected chi connectivity index (χ0v) is 11.2. The summed E-state index contributed by atoms with van der Waals surface area (Å²) in [7, 11) is 2.01. The summed E-state index contributed by atoms with van der Waals surface area (Å²) in [6, 6.07) is 0. The topological polar surface area (TPSA) is 44.9 Å². The third kappa shape index (κ3) is 4.84. The lowest BCUT2D eigenvalue weighted by Crippen LogP contribution is -2.40. The second kappa shape index (κ2) is 5.53. The predicted molar refractivity (Wildman–Crippen MR) is 69.7 cm³/mol. The van der Waals surface area contributed by atoms with Crippen molar-refractivity contribution in [2.45, 2.75) is 39.2 Å². The van der Waals surface area contributed by atoms with E-state index in [0.717, 1.165) is 13.1 Å². The van der Waals surface area contributed by atoms with Gasteiger partial charge < -0.3 is 15.5 Å². The van der Waals surface area contributed by atoms with Gasteiger partial charge in [-0.05, 0) is 46.7 Å². The first-order valence-electron chi connectivity index (χ1n) is 6.17. The molecule has 0 saturated carbocycles. The molecular weight excluding hydrogens is 200 g/mol. The van der Waals surface area contributed by atoms with Crippen molar-refractivity contribution in [2.75, 3.05) is 33.2 Å². The van der Waals surface area contributed by atoms with E-state index in [4.69, 9.17) is 5.73 Å². The first-order valence-corrected chi connectivity index (χ1v) is 6.17. The molecule has 4 heteroatoms. The van der Waals surface area contributed by atoms with E-state index in [9.17, 15) is 0 Å². The molecule has 94 valence electrons. The Hall–Kier alpha value is -0.770. The molecule has 0 aromatic heterocycles. The van der Waals surface area contributed by atoms with Gasteiger partial charge in [0.25, 0.3) is 0 Å². The number of guanidine groups is 1. The van der Waals surface area contributed by atoms with Crippen molar-refractivity contribution in [3.8, 4) is 0 Å². The third-order valence-electron chi connectivity index (χ3n) is 2.79. The number of hydrogen-bond acceptors (Lipinski definition) is 2. The van der Waals surface area contributed by atoms with Crippen molar-refractivity contribution in [3.05, 3.63) is 0 Å². The van der Waals surface area contributed by atoms with Crippen molar-refractivity contribution in [2.24, 2.45) is 10.7 Å². The number of likely N-dealkylation sites (N-methyl/N-ethyl adjacent to an activating group) is 1. The maximum Gasteiger partial charge on any atom is 0.191 e. The molecule has 1 heterocycles. The summed E-state index contributed by atoms with van der Waals surface area (Å²) in [5, 5.41) is 0. The highest BCUT2D eigenvalue weighted by atomic mass is 15.3. The van der Waals surface area contributed by atoms with Gasteiger partial charge in [-0.15, -0.1) is 0 Å². The fourth-order valence-corrected chi connectivity index (χ4v) is 1.84. The highest BCUT2D eigenvalue weighted by molar-refractivity contribution is 5.78. The summed E-state index contributed by atoms with van der Waals surface area (Å²) in [5.74, 6) is 0.645. The van der Waals surface area contributed by atoms with E-state index < -0.39 is 0 Å². The standard InChI is InChI=1S/C12H26N4/c1-12(2,3)14-11(13)15(4)9-10-16-7-5-6-8-16/h5-10H2,1-4H3,(H2,13,14). The Labute approximate surface area is 99.5 Å². The Balaban J connectivity index is 2.33. The molecule has 0 aliphatic carbocycles. The number of nitrogens with zero attached hydrogens (tertiary/aromatic N) is 3. The summed E-state index contributed by atoms with van der Waals surface area (Å²) >= 11 is 0. The van der Waals surface area contributed by atoms with E-state index in [1.165, 1.54) is 25.9 Å². The molecular formula is C12H26N4. The van der Waals surface area contributed by atoms with Crippen LogP contribution in [0.15, 0.2) is 4.99 Å². The smallest absolute Gasteiger partial charge is 0.191 e. The molecule has 0 amide bonds. The molecule has 4 nitrogen and oxygen atoms in total. The maximum atomic E-state index is 5.95. The molecule has 1 aliphatic heterocycles. The summed E-state index contributed by atoms with van der Waals surface area (Å²) in [6.45, 7) is 10.7. The predicted octanol–water partition coefficient (Wildman–Crippen LogP) is 1.13. The van der Waals surface area contributed by atoms with Gasteiger partial charge in [-0.1, -0.05) is 0 Å². The zero-order valence-electron chi connectivity index (χ0n) is 11.2. The monoisotopic (exact) mass is 226 g/mol. The van der Waals surface area contributed by atoms with Gasteiger partial charge in [-0.2, -0.15) is 0 Å². The number of rotatable bonds is 3. The highest BCUT2D eigenvalue weighted by Gasteiger charge is 2.14. The van der Waals surface area contributed by atoms with Gasteiger partial charge in [0.2, 0.25) is 0 Å². The van der Waals surface area contributed by atoms with E-state index in [1.54, 1.807) is 0 Å². The first kappa shape index (κ1) is 13.3. The average molecular weight is 226 g/mol. The Morgan fingerprint density at radius 1 is 1.31 bits per heavy atom. The normalized spacial score (nSPS) is 19.1. The van der Waals surface area contributed by atoms with Crippen LogP contribution < -0.4 is 5.73 Å². The minimum absolute atomic E-state index is 0.0913. The van der Waals surface area contributed by atoms with Crippen LogP contribution in [0.3, 0.4) is 0 Å². The van der Waals surface area contributed by atoms with Crippen LogP contribution in [0.5, 0.6) is 0 Å². The van der Waals surface area contributed by atoms with E-state index in [0.29, 0.717) is 5.96 Å². The second-order valence-corrected chi connectivity index (χ2v) is 5.61. The van der Waals surface area contributed by atoms with Crippen LogP contribution in [0, 0.1) is 0 Å². The quantitative estimate of drug-likeness (QED) is 0.579. The van der Waals surface area contributed by atoms with Gasteiger partial charge in [-0.25, -0.2) is 4.99 Å². The maximum absolute atomic E-state index is 5.95. The molecule has 1 aliphatic rings. The molecule has 1 fully saturated rings. The molecule has 0 aromatic carbocycles. The zero-order chi connectivity index (χ0) is 12.2. The molecule has 0 bridgehead atoms. The number of aliphatic imine (C=N–C) groups is 1. The molecule has 0 atom stereocenters. The van der Waals surface area contributed by atoms with Crippen LogP contribution in [-0.4, -0.2) is 54.5 Å². The summed E-state index contributed by atoms with van der Waals surface area (Å²) in [4.78, 5) is 8.99. The van der Waals surface area contributed by atoms with Crippen molar-refractivity contribution in [3.63, 3.8) is 0 Å². The summed E-state index contributed by atoms with van der Waals surface area (Å²) in [6.07, 6.45) is 2.69. The van der Waals surface area contributed by atoms with E-state index >= 15 is 0 Å². The average Bonchev–Trinajstić information content (AvgIpc) is 2.63. The Morgan fingerprint density at radius 2 is 1.88 bits per heavy atom. The van der Waals surface area contributed by atoms with Crippen LogP contribution in [-0.2, 0) is 0 Å². The molecule has 1 saturated heterocycles. The van der Waals surface area contributed by atoms with E-state index in [-0.39, 0.29) is 5.54 Å². The summed E-state index contributed by atoms with van der Waals surface area (Å²) < 4.78 is 0. The molecule has 0 aromatic rings. The van der Waals surface area contributed by atoms with Gasteiger partial charge >= 0.3 is 0 Å². The van der Waals surface area contributed by atoms with Crippen molar-refractivity contribution < 1.29 is 0 Å². The molecule has 0 radical (unpaired) electrons. The third-order valence-corrected chi connectivity index (χ3v) is 2.79. The number of likely N-dealkylation sites (tertiary alicyclic amines) is 1. The second-order valence-electron chi connectivity index (χ2n) is 5.61. The lowest BCUT2D eigenvalue weighted by Gasteiger charge is -2.24. The molecule has 1 rings (SSSR count). The minimum Gasteiger partial charge on any atom is -0.370 e. The fourth-order valence-electron chi connectivity index (χ4n) is 1.84. The van der Waals surface area contributed by atoms with Crippen LogP contribution in [0.2, 0.25) is 0 Å². The molecule has 0 unspecified atom stereocenters. The van der Waals surface area contributed by atoms with Crippen LogP contribution in [0.1, 0.15) is 33.6 Å². The SMILES string of the molecule is CN(CCN1CCCC1)C(N)=NC(C)(C)C. The molecule has 16 heavy (non-hydrogen) atoms. The molecule has 0 spiro atoms. The van der Waals surface area contributed by atoms with Crippen molar-refractivity contribution in [1.29, 1.82) is 0 Å². The van der Waals surface area contributed by atoms with Gasteiger partial charge in [0.15, 0.2) is 5.96 Å². The van der Waals surface area contributed by atoms with Gasteiger partial charge in [0.1, 0.15) is 0 Å². The van der Waals surface area contributed by atoms with Gasteiger partial charge in [-0.3, -0.25) is 0 Å². The van der Waals surface area contributed by atoms with Crippen molar-refractivity contribution in [1.82, 2.24) is 9.80 Å². The largest absolute Gasteiger partial charge is 0.370 e. The van der Waals surface area contributed by atoms with Crippen LogP contribution >= 0.6 is 0 Å². The Morgan fingerprint density at radius 3 is 2.38 bits per heavy atom. The highest BCUT2D eigenvalue weighted by Crippen LogP contribution is 2.08. The van der Waals surface area contributed by atoms with Crippen LogP contribution in [0.25, 0.3) is 0 Å². The first-order chi connectivity index (χ1) is 7.38. The van der Waals surface area contributed by atoms with E-state index in [2.05, 4.69) is 30.7 Å². The van der Waals surface area contributed by atoms with E-state index in [1.807, 2.05) is 11.9 Å². The van der Waals surface area contributed by atoms with Crippen molar-refractivity contribution >= 4 is 5.96 Å². The Bertz CT molecular complexity index is 236. The number of nitrogens with two attached hydrogens (primary N) is 1. The minimum atomic E-state index is -0.0913. The lowest BCUT2D eigenvalue weighted by atomic mass is 10.1. The molecule has 2 N–H and O–H groups in total. The van der Waals surface area contributed by atoms with Gasteiger partial charge in [0.05, 0.1) is 5.54 Å². The fraction of sp³-hybridized carbons (Fsp3) is 0.917. The Kier molecular flexibility index (Phi) is 4.59. The number of hydrogen-bond donors (Lipinski definition) is 1. The summed E-state index contributed by atoms with van der Waals surface area (Å²) in [5.41, 5.74) is 5.85. The van der Waals surface area contributed by atoms with Gasteiger partial charge in [0, 0.05) is 20.1 Å². The van der Waals surface area contributed by atoms with Crippen LogP contribution in [0.4, 0.5) is 0 Å². The lowest BCUT2D eigenvalue weighted by molar-refractivity contribution is 0.305.